The van der Waals surface area contributed by atoms with Crippen molar-refractivity contribution >= 4 is 5.82 Å². The second kappa shape index (κ2) is 3.64. The fourth-order valence-corrected chi connectivity index (χ4v) is 1.68. The SMILES string of the molecule is Cc1c(C(C)(C)C)cc(N)nc1C(F)(F)F. The van der Waals surface area contributed by atoms with Crippen molar-refractivity contribution in [2.75, 3.05) is 5.73 Å². The molecule has 1 rings (SSSR count). The summed E-state index contributed by atoms with van der Waals surface area (Å²) in [5.41, 5.74) is 4.86. The smallest absolute Gasteiger partial charge is 0.384 e. The summed E-state index contributed by atoms with van der Waals surface area (Å²) in [6.07, 6.45) is -4.46. The van der Waals surface area contributed by atoms with Crippen LogP contribution < -0.4 is 5.73 Å². The fourth-order valence-electron chi connectivity index (χ4n) is 1.68. The van der Waals surface area contributed by atoms with Crippen LogP contribution in [0.25, 0.3) is 0 Å². The molecule has 0 bridgehead atoms. The summed E-state index contributed by atoms with van der Waals surface area (Å²) in [6.45, 7) is 6.95. The first-order valence-corrected chi connectivity index (χ1v) is 4.88. The van der Waals surface area contributed by atoms with Crippen LogP contribution in [0.5, 0.6) is 0 Å². The maximum absolute atomic E-state index is 12.7. The molecule has 1 heterocycles. The van der Waals surface area contributed by atoms with Crippen molar-refractivity contribution in [2.45, 2.75) is 39.3 Å². The minimum atomic E-state index is -4.46. The molecule has 0 aromatic carbocycles. The number of anilines is 1. The maximum Gasteiger partial charge on any atom is 0.433 e. The van der Waals surface area contributed by atoms with Crippen molar-refractivity contribution in [1.82, 2.24) is 4.98 Å². The van der Waals surface area contributed by atoms with Crippen LogP contribution in [0.3, 0.4) is 0 Å². The van der Waals surface area contributed by atoms with Crippen LogP contribution in [-0.4, -0.2) is 4.98 Å². The van der Waals surface area contributed by atoms with E-state index in [1.165, 1.54) is 13.0 Å². The maximum atomic E-state index is 12.7. The molecule has 0 saturated heterocycles. The molecule has 0 atom stereocenters. The van der Waals surface area contributed by atoms with Crippen molar-refractivity contribution in [2.24, 2.45) is 0 Å². The normalized spacial score (nSPS) is 12.9. The molecule has 0 radical (unpaired) electrons. The molecule has 0 aliphatic rings. The molecule has 0 unspecified atom stereocenters. The fraction of sp³-hybridized carbons (Fsp3) is 0.545. The van der Waals surface area contributed by atoms with Gasteiger partial charge in [0.05, 0.1) is 0 Å². The quantitative estimate of drug-likeness (QED) is 0.745. The molecule has 0 saturated carbocycles. The van der Waals surface area contributed by atoms with Crippen molar-refractivity contribution in [3.8, 4) is 0 Å². The topological polar surface area (TPSA) is 38.9 Å². The highest BCUT2D eigenvalue weighted by Gasteiger charge is 2.36. The Morgan fingerprint density at radius 1 is 1.19 bits per heavy atom. The average molecular weight is 232 g/mol. The first-order chi connectivity index (χ1) is 7.03. The second-order valence-corrected chi connectivity index (χ2v) is 4.82. The predicted octanol–water partition coefficient (Wildman–Crippen LogP) is 3.29. The molecular formula is C11H15F3N2. The van der Waals surface area contributed by atoms with Gasteiger partial charge >= 0.3 is 6.18 Å². The van der Waals surface area contributed by atoms with Gasteiger partial charge in [0, 0.05) is 0 Å². The highest BCUT2D eigenvalue weighted by molar-refractivity contribution is 5.44. The molecule has 0 amide bonds. The first-order valence-electron chi connectivity index (χ1n) is 4.88. The van der Waals surface area contributed by atoms with E-state index in [0.29, 0.717) is 5.56 Å². The Hall–Kier alpha value is -1.26. The van der Waals surface area contributed by atoms with Crippen molar-refractivity contribution < 1.29 is 13.2 Å². The number of pyridine rings is 1. The molecule has 16 heavy (non-hydrogen) atoms. The van der Waals surface area contributed by atoms with E-state index >= 15 is 0 Å². The second-order valence-electron chi connectivity index (χ2n) is 4.82. The summed E-state index contributed by atoms with van der Waals surface area (Å²) in [7, 11) is 0. The lowest BCUT2D eigenvalue weighted by atomic mass is 9.84. The van der Waals surface area contributed by atoms with Crippen molar-refractivity contribution in [1.29, 1.82) is 0 Å². The van der Waals surface area contributed by atoms with E-state index in [1.807, 2.05) is 20.8 Å². The van der Waals surface area contributed by atoms with E-state index < -0.39 is 11.9 Å². The van der Waals surface area contributed by atoms with Gasteiger partial charge in [-0.25, -0.2) is 4.98 Å². The van der Waals surface area contributed by atoms with Gasteiger partial charge in [0.25, 0.3) is 0 Å². The van der Waals surface area contributed by atoms with Gasteiger partial charge in [0.15, 0.2) is 0 Å². The van der Waals surface area contributed by atoms with E-state index in [9.17, 15) is 13.2 Å². The van der Waals surface area contributed by atoms with Crippen LogP contribution in [0, 0.1) is 6.92 Å². The standard InChI is InChI=1S/C11H15F3N2/c1-6-7(10(2,3)4)5-8(15)16-9(6)11(12,13)14/h5H,1-4H3,(H2,15,16). The Morgan fingerprint density at radius 3 is 2.06 bits per heavy atom. The van der Waals surface area contributed by atoms with Crippen LogP contribution in [0.2, 0.25) is 0 Å². The third-order valence-corrected chi connectivity index (χ3v) is 2.37. The Labute approximate surface area is 92.7 Å². The summed E-state index contributed by atoms with van der Waals surface area (Å²) in [5, 5.41) is 0. The Balaban J connectivity index is 3.51. The third kappa shape index (κ3) is 2.46. The monoisotopic (exact) mass is 232 g/mol. The van der Waals surface area contributed by atoms with Gasteiger partial charge in [-0.2, -0.15) is 13.2 Å². The minimum Gasteiger partial charge on any atom is -0.384 e. The van der Waals surface area contributed by atoms with Gasteiger partial charge in [-0.1, -0.05) is 20.8 Å². The Kier molecular flexibility index (Phi) is 2.92. The largest absolute Gasteiger partial charge is 0.433 e. The molecule has 2 nitrogen and oxygen atoms in total. The molecule has 2 N–H and O–H groups in total. The number of nitrogens with two attached hydrogens (primary N) is 1. The van der Waals surface area contributed by atoms with Crippen LogP contribution in [0.1, 0.15) is 37.6 Å². The lowest BCUT2D eigenvalue weighted by Gasteiger charge is -2.24. The molecule has 0 aliphatic heterocycles. The average Bonchev–Trinajstić information content (AvgIpc) is 2.04. The van der Waals surface area contributed by atoms with Crippen LogP contribution in [-0.2, 0) is 11.6 Å². The zero-order valence-electron chi connectivity index (χ0n) is 9.74. The van der Waals surface area contributed by atoms with Crippen LogP contribution >= 0.6 is 0 Å². The summed E-state index contributed by atoms with van der Waals surface area (Å²) in [6, 6.07) is 1.50. The van der Waals surface area contributed by atoms with Gasteiger partial charge < -0.3 is 5.73 Å². The predicted molar refractivity (Wildman–Crippen MR) is 57.1 cm³/mol. The summed E-state index contributed by atoms with van der Waals surface area (Å²) < 4.78 is 38.0. The molecule has 1 aromatic heterocycles. The highest BCUT2D eigenvalue weighted by atomic mass is 19.4. The van der Waals surface area contributed by atoms with Gasteiger partial charge in [0.2, 0.25) is 0 Å². The number of alkyl halides is 3. The number of nitrogen functional groups attached to an aromatic ring is 1. The lowest BCUT2D eigenvalue weighted by molar-refractivity contribution is -0.141. The van der Waals surface area contributed by atoms with E-state index in [4.69, 9.17) is 5.73 Å². The van der Waals surface area contributed by atoms with E-state index in [0.717, 1.165) is 0 Å². The van der Waals surface area contributed by atoms with Gasteiger partial charge in [-0.3, -0.25) is 0 Å². The summed E-state index contributed by atoms with van der Waals surface area (Å²) in [5.74, 6) is -0.0946. The van der Waals surface area contributed by atoms with E-state index in [1.54, 1.807) is 0 Å². The molecule has 90 valence electrons. The van der Waals surface area contributed by atoms with E-state index in [-0.39, 0.29) is 16.8 Å². The molecule has 0 aliphatic carbocycles. The van der Waals surface area contributed by atoms with Crippen molar-refractivity contribution in [3.63, 3.8) is 0 Å². The number of rotatable bonds is 0. The number of hydrogen-bond acceptors (Lipinski definition) is 2. The molecule has 1 aromatic rings. The van der Waals surface area contributed by atoms with Crippen molar-refractivity contribution in [3.05, 3.63) is 22.9 Å². The molecular weight excluding hydrogens is 217 g/mol. The van der Waals surface area contributed by atoms with Gasteiger partial charge in [-0.15, -0.1) is 0 Å². The first kappa shape index (κ1) is 12.8. The van der Waals surface area contributed by atoms with Gasteiger partial charge in [0.1, 0.15) is 11.5 Å². The molecule has 0 fully saturated rings. The highest BCUT2D eigenvalue weighted by Crippen LogP contribution is 2.36. The van der Waals surface area contributed by atoms with Crippen LogP contribution in [0.15, 0.2) is 6.07 Å². The zero-order chi connectivity index (χ0) is 12.7. The number of aromatic nitrogens is 1. The molecule has 5 heteroatoms. The number of halogens is 3. The van der Waals surface area contributed by atoms with E-state index in [2.05, 4.69) is 4.98 Å². The zero-order valence-corrected chi connectivity index (χ0v) is 9.74. The van der Waals surface area contributed by atoms with Gasteiger partial charge in [-0.05, 0) is 29.5 Å². The minimum absolute atomic E-state index is 0.0946. The summed E-state index contributed by atoms with van der Waals surface area (Å²) in [4.78, 5) is 3.37. The summed E-state index contributed by atoms with van der Waals surface area (Å²) >= 11 is 0. The number of hydrogen-bond donors (Lipinski definition) is 1. The van der Waals surface area contributed by atoms with Crippen LogP contribution in [0.4, 0.5) is 19.0 Å². The third-order valence-electron chi connectivity index (χ3n) is 2.37. The molecule has 0 spiro atoms. The Morgan fingerprint density at radius 2 is 1.69 bits per heavy atom. The Bertz CT molecular complexity index is 368. The number of nitrogens with zero attached hydrogens (tertiary/aromatic N) is 1. The lowest BCUT2D eigenvalue weighted by Crippen LogP contribution is -2.20.